The van der Waals surface area contributed by atoms with Gasteiger partial charge in [-0.15, -0.1) is 11.8 Å². The van der Waals surface area contributed by atoms with Crippen molar-refractivity contribution >= 4 is 45.0 Å². The number of ether oxygens (including phenoxy) is 3. The lowest BCUT2D eigenvalue weighted by Crippen LogP contribution is -2.49. The number of esters is 1. The molecule has 1 saturated carbocycles. The Hall–Kier alpha value is -4.07. The highest BCUT2D eigenvalue weighted by Gasteiger charge is 2.46. The lowest BCUT2D eigenvalue weighted by atomic mass is 9.65. The molecule has 6 atom stereocenters. The van der Waals surface area contributed by atoms with Gasteiger partial charge in [-0.3, -0.25) is 0 Å². The minimum absolute atomic E-state index is 0.0193. The van der Waals surface area contributed by atoms with Gasteiger partial charge in [0.2, 0.25) is 10.0 Å². The molecule has 348 valence electrons. The van der Waals surface area contributed by atoms with Crippen LogP contribution < -0.4 is 14.4 Å². The number of anilines is 1. The lowest BCUT2D eigenvalue weighted by Gasteiger charge is -2.47. The first-order valence-electron chi connectivity index (χ1n) is 22.8. The van der Waals surface area contributed by atoms with Gasteiger partial charge in [0.25, 0.3) is 0 Å². The van der Waals surface area contributed by atoms with Gasteiger partial charge in [-0.05, 0) is 159 Å². The van der Waals surface area contributed by atoms with Crippen molar-refractivity contribution in [2.45, 2.75) is 101 Å². The maximum atomic E-state index is 15.6. The molecule has 13 heteroatoms. The summed E-state index contributed by atoms with van der Waals surface area (Å²) in [7, 11) is -0.497. The van der Waals surface area contributed by atoms with Crippen LogP contribution in [-0.4, -0.2) is 74.3 Å². The molecule has 4 aromatic rings. The molecular weight excluding hydrogens is 883 g/mol. The van der Waals surface area contributed by atoms with Gasteiger partial charge < -0.3 is 24.2 Å². The predicted octanol–water partition coefficient (Wildman–Crippen LogP) is 10.6. The summed E-state index contributed by atoms with van der Waals surface area (Å²) < 4.78 is 62.1. The Kier molecular flexibility index (Phi) is 14.1. The number of hydrogen-bond acceptors (Lipinski definition) is 9. The summed E-state index contributed by atoms with van der Waals surface area (Å²) in [5, 5.41) is 12.1. The zero-order valence-corrected chi connectivity index (χ0v) is 40.7. The number of aliphatic hydroxyl groups excluding tert-OH is 1. The van der Waals surface area contributed by atoms with E-state index in [1.807, 2.05) is 100 Å². The highest BCUT2D eigenvalue weighted by Crippen LogP contribution is 2.51. The molecule has 1 fully saturated rings. The molecule has 8 rings (SSSR count). The van der Waals surface area contributed by atoms with Crippen molar-refractivity contribution in [1.82, 2.24) is 4.31 Å². The van der Waals surface area contributed by atoms with E-state index in [9.17, 15) is 18.3 Å². The number of allylic oxidation sites excluding steroid dienone is 1. The van der Waals surface area contributed by atoms with Gasteiger partial charge >= 0.3 is 5.97 Å². The normalized spacial score (nSPS) is 22.7. The van der Waals surface area contributed by atoms with Crippen molar-refractivity contribution in [2.24, 2.45) is 23.7 Å². The van der Waals surface area contributed by atoms with Crippen LogP contribution in [0.1, 0.15) is 92.4 Å². The summed E-state index contributed by atoms with van der Waals surface area (Å²) in [6.45, 7) is 9.33. The van der Waals surface area contributed by atoms with Crippen molar-refractivity contribution in [3.63, 3.8) is 0 Å². The van der Waals surface area contributed by atoms with Crippen LogP contribution in [0.25, 0.3) is 0 Å². The number of aliphatic hydroxyl groups is 1. The second-order valence-corrected chi connectivity index (χ2v) is 23.1. The number of nitrogens with zero attached hydrogens (tertiary/aromatic N) is 2. The van der Waals surface area contributed by atoms with Gasteiger partial charge in [0.05, 0.1) is 42.3 Å². The number of benzene rings is 4. The Morgan fingerprint density at radius 2 is 1.63 bits per heavy atom. The third kappa shape index (κ3) is 10.4. The maximum absolute atomic E-state index is 15.6. The third-order valence-corrected chi connectivity index (χ3v) is 17.7. The Bertz CT molecular complexity index is 2460. The zero-order valence-electron chi connectivity index (χ0n) is 38.3. The Balaban J connectivity index is 0.985. The Morgan fingerprint density at radius 3 is 2.22 bits per heavy atom. The summed E-state index contributed by atoms with van der Waals surface area (Å²) in [5.41, 5.74) is 4.88. The van der Waals surface area contributed by atoms with Gasteiger partial charge in [0.1, 0.15) is 22.9 Å². The second kappa shape index (κ2) is 19.3. The van der Waals surface area contributed by atoms with Crippen LogP contribution in [0.3, 0.4) is 0 Å². The number of rotatable bonds is 15. The summed E-state index contributed by atoms with van der Waals surface area (Å²) in [6.07, 6.45) is 6.35. The monoisotopic (exact) mass is 944 g/mol. The number of sulfonamides is 1. The van der Waals surface area contributed by atoms with E-state index in [4.69, 9.17) is 25.8 Å². The van der Waals surface area contributed by atoms with Gasteiger partial charge in [-0.1, -0.05) is 54.9 Å². The largest absolute Gasteiger partial charge is 0.497 e. The third-order valence-electron chi connectivity index (χ3n) is 14.0. The van der Waals surface area contributed by atoms with E-state index < -0.39 is 21.7 Å². The molecule has 0 saturated heterocycles. The first kappa shape index (κ1) is 47.4. The zero-order chi connectivity index (χ0) is 46.3. The molecule has 0 aromatic heterocycles. The number of fused-ring (bicyclic) bond motifs is 3. The molecule has 1 aliphatic heterocycles. The van der Waals surface area contributed by atoms with Gasteiger partial charge in [-0.2, -0.15) is 4.31 Å². The van der Waals surface area contributed by atoms with Gasteiger partial charge in [0.15, 0.2) is 0 Å². The van der Waals surface area contributed by atoms with Crippen LogP contribution in [-0.2, 0) is 39.7 Å². The summed E-state index contributed by atoms with van der Waals surface area (Å²) in [4.78, 5) is 16.9. The lowest BCUT2D eigenvalue weighted by molar-refractivity contribution is 0.00693. The molecule has 0 radical (unpaired) electrons. The smallest absolute Gasteiger partial charge is 0.338 e. The molecule has 9 nitrogen and oxygen atoms in total. The standard InChI is InChI=1S/C52H62ClFN2O7S2/c1-33(30-65(59,60)56(27-34-9-15-40(61-5)16-10-34)28-35-11-17-41(62-6)18-12-35)38-24-39(25-38)49(57)42-19-13-37(42)29-55-31-52(23-7-8-43-44(52)20-21-45(53)48(43)54)32-64-47-22-14-36(26-46(47)55)50(58)63-51(2,3)4/h9-12,14-18,20-22,24,26,33,37-38,42,49,57H,7-8,13,19,23,25,27-32H2,1-6H3/t33-,37+,38?,42-,49?,52+/m1/s1. The number of methoxy groups -OCH3 is 2. The molecule has 0 bridgehead atoms. The first-order valence-corrected chi connectivity index (χ1v) is 25.8. The average molecular weight is 946 g/mol. The number of thioether (sulfide) groups is 1. The molecule has 4 aromatic carbocycles. The minimum atomic E-state index is -3.71. The van der Waals surface area contributed by atoms with Crippen molar-refractivity contribution in [2.75, 3.05) is 43.7 Å². The minimum Gasteiger partial charge on any atom is -0.497 e. The van der Waals surface area contributed by atoms with Crippen molar-refractivity contribution in [3.8, 4) is 11.5 Å². The van der Waals surface area contributed by atoms with E-state index in [0.717, 1.165) is 64.3 Å². The average Bonchev–Trinajstić information content (AvgIpc) is 3.39. The first-order chi connectivity index (χ1) is 31.0. The molecule has 2 unspecified atom stereocenters. The highest BCUT2D eigenvalue weighted by molar-refractivity contribution is 7.99. The SMILES string of the molecule is COc1ccc(CN(Cc2ccc(OC)cc2)S(=O)(=O)C[C@@H](C)C2C=C(C(O)[C@@H]3CC[C@H]3CN3C[C@@]4(CCCc5c4ccc(Cl)c5F)CSc4ccc(C(=O)OC(C)(C)C)cc43)C2)cc1. The van der Waals surface area contributed by atoms with Crippen LogP contribution in [0.5, 0.6) is 11.5 Å². The molecule has 1 N–H and O–H groups in total. The van der Waals surface area contributed by atoms with Crippen LogP contribution in [0.4, 0.5) is 10.1 Å². The summed E-state index contributed by atoms with van der Waals surface area (Å²) >= 11 is 8.07. The van der Waals surface area contributed by atoms with Crippen LogP contribution >= 0.6 is 23.4 Å². The molecule has 0 amide bonds. The van der Waals surface area contributed by atoms with Crippen LogP contribution in [0.2, 0.25) is 5.02 Å². The predicted molar refractivity (Wildman–Crippen MR) is 257 cm³/mol. The number of halogens is 2. The van der Waals surface area contributed by atoms with E-state index in [-0.39, 0.29) is 64.7 Å². The summed E-state index contributed by atoms with van der Waals surface area (Å²) in [6, 6.07) is 24.5. The number of hydrogen-bond donors (Lipinski definition) is 1. The molecule has 4 aliphatic rings. The Labute approximate surface area is 393 Å². The number of carbonyl (C=O) groups excluding carboxylic acids is 1. The molecule has 65 heavy (non-hydrogen) atoms. The fourth-order valence-corrected chi connectivity index (χ4v) is 13.5. The maximum Gasteiger partial charge on any atom is 0.338 e. The van der Waals surface area contributed by atoms with Crippen molar-refractivity contribution in [1.29, 1.82) is 0 Å². The fraction of sp³-hybridized carbons (Fsp3) is 0.481. The van der Waals surface area contributed by atoms with Crippen molar-refractivity contribution in [3.05, 3.63) is 129 Å². The van der Waals surface area contributed by atoms with Crippen LogP contribution in [0, 0.1) is 29.5 Å². The number of carbonyl (C=O) groups is 1. The van der Waals surface area contributed by atoms with Crippen molar-refractivity contribution < 1.29 is 36.9 Å². The molecule has 1 heterocycles. The Morgan fingerprint density at radius 1 is 0.985 bits per heavy atom. The molecular formula is C52H62ClFN2O7S2. The highest BCUT2D eigenvalue weighted by atomic mass is 35.5. The van der Waals surface area contributed by atoms with Crippen LogP contribution in [0.15, 0.2) is 95.4 Å². The topological polar surface area (TPSA) is 106 Å². The second-order valence-electron chi connectivity index (χ2n) is 19.7. The van der Waals surface area contributed by atoms with Gasteiger partial charge in [-0.25, -0.2) is 17.6 Å². The molecule has 1 spiro atoms. The quantitative estimate of drug-likeness (QED) is 0.0921. The fourth-order valence-electron chi connectivity index (χ4n) is 10.2. The van der Waals surface area contributed by atoms with E-state index in [2.05, 4.69) is 11.0 Å². The van der Waals surface area contributed by atoms with E-state index in [1.54, 1.807) is 36.4 Å². The van der Waals surface area contributed by atoms with E-state index in [0.29, 0.717) is 48.6 Å². The molecule has 3 aliphatic carbocycles. The summed E-state index contributed by atoms with van der Waals surface area (Å²) in [5.74, 6) is 1.52. The van der Waals surface area contributed by atoms with E-state index in [1.165, 1.54) is 0 Å². The van der Waals surface area contributed by atoms with Gasteiger partial charge in [0, 0.05) is 42.2 Å². The van der Waals surface area contributed by atoms with E-state index >= 15 is 4.39 Å².